The molecule has 3 N–H and O–H groups in total. The van der Waals surface area contributed by atoms with E-state index in [0.717, 1.165) is 11.6 Å². The summed E-state index contributed by atoms with van der Waals surface area (Å²) in [6, 6.07) is 2.05. The molecule has 3 rings (SSSR count). The quantitative estimate of drug-likeness (QED) is 0.856. The van der Waals surface area contributed by atoms with Gasteiger partial charge in [-0.2, -0.15) is 0 Å². The maximum Gasteiger partial charge on any atom is 0.125 e. The van der Waals surface area contributed by atoms with Crippen molar-refractivity contribution in [2.45, 2.75) is 24.7 Å². The van der Waals surface area contributed by atoms with Gasteiger partial charge in [0.2, 0.25) is 0 Å². The molecule has 1 saturated carbocycles. The molecular formula is C12H15N3S. The summed E-state index contributed by atoms with van der Waals surface area (Å²) in [5.41, 5.74) is 8.44. The number of hydrogen-bond acceptors (Lipinski definition) is 3. The fraction of sp³-hybridized carbons (Fsp3) is 0.417. The van der Waals surface area contributed by atoms with Crippen molar-refractivity contribution in [3.05, 3.63) is 29.5 Å². The molecule has 4 heteroatoms. The molecule has 2 heterocycles. The molecule has 2 aromatic heterocycles. The number of nitrogens with two attached hydrogens (primary N) is 1. The van der Waals surface area contributed by atoms with Crippen LogP contribution in [0.5, 0.6) is 0 Å². The fourth-order valence-electron chi connectivity index (χ4n) is 2.28. The van der Waals surface area contributed by atoms with Crippen molar-refractivity contribution in [3.8, 4) is 10.6 Å². The van der Waals surface area contributed by atoms with Crippen LogP contribution >= 0.6 is 11.3 Å². The predicted molar refractivity (Wildman–Crippen MR) is 66.5 cm³/mol. The van der Waals surface area contributed by atoms with E-state index in [1.807, 2.05) is 12.4 Å². The Morgan fingerprint density at radius 3 is 2.94 bits per heavy atom. The zero-order chi connectivity index (χ0) is 11.0. The molecule has 3 nitrogen and oxygen atoms in total. The first-order valence-corrected chi connectivity index (χ1v) is 6.51. The molecule has 0 aliphatic heterocycles. The van der Waals surface area contributed by atoms with Gasteiger partial charge in [-0.05, 0) is 18.9 Å². The molecule has 0 spiro atoms. The molecule has 0 radical (unpaired) electrons. The van der Waals surface area contributed by atoms with Crippen LogP contribution in [0.25, 0.3) is 10.6 Å². The SMILES string of the molecule is NCC1(c2csc(-c3cc[nH]c3)n2)CCC1. The van der Waals surface area contributed by atoms with Gasteiger partial charge in [-0.3, -0.25) is 0 Å². The summed E-state index contributed by atoms with van der Waals surface area (Å²) in [4.78, 5) is 7.80. The van der Waals surface area contributed by atoms with E-state index >= 15 is 0 Å². The smallest absolute Gasteiger partial charge is 0.125 e. The first-order valence-electron chi connectivity index (χ1n) is 5.63. The summed E-state index contributed by atoms with van der Waals surface area (Å²) in [5.74, 6) is 0. The fourth-order valence-corrected chi connectivity index (χ4v) is 3.22. The van der Waals surface area contributed by atoms with Crippen LogP contribution in [0, 0.1) is 0 Å². The second-order valence-corrected chi connectivity index (χ2v) is 5.33. The van der Waals surface area contributed by atoms with E-state index < -0.39 is 0 Å². The predicted octanol–water partition coefficient (Wildman–Crippen LogP) is 2.52. The molecule has 0 saturated heterocycles. The van der Waals surface area contributed by atoms with Gasteiger partial charge in [0.05, 0.1) is 5.69 Å². The normalized spacial score (nSPS) is 18.3. The van der Waals surface area contributed by atoms with E-state index in [2.05, 4.69) is 16.4 Å². The van der Waals surface area contributed by atoms with Gasteiger partial charge in [-0.1, -0.05) is 6.42 Å². The van der Waals surface area contributed by atoms with Crippen molar-refractivity contribution >= 4 is 11.3 Å². The highest BCUT2D eigenvalue weighted by atomic mass is 32.1. The Bertz CT molecular complexity index is 463. The lowest BCUT2D eigenvalue weighted by Crippen LogP contribution is -2.41. The summed E-state index contributed by atoms with van der Waals surface area (Å²) in [6.07, 6.45) is 7.59. The van der Waals surface area contributed by atoms with E-state index in [1.54, 1.807) is 11.3 Å². The zero-order valence-electron chi connectivity index (χ0n) is 9.07. The first-order chi connectivity index (χ1) is 7.84. The van der Waals surface area contributed by atoms with Crippen molar-refractivity contribution in [1.29, 1.82) is 0 Å². The van der Waals surface area contributed by atoms with Crippen LogP contribution in [0.1, 0.15) is 25.0 Å². The number of hydrogen-bond donors (Lipinski definition) is 2. The topological polar surface area (TPSA) is 54.7 Å². The van der Waals surface area contributed by atoms with Gasteiger partial charge < -0.3 is 10.7 Å². The summed E-state index contributed by atoms with van der Waals surface area (Å²) in [7, 11) is 0. The molecule has 84 valence electrons. The van der Waals surface area contributed by atoms with E-state index in [9.17, 15) is 0 Å². The lowest BCUT2D eigenvalue weighted by atomic mass is 9.67. The molecule has 0 atom stereocenters. The van der Waals surface area contributed by atoms with Gasteiger partial charge in [0, 0.05) is 35.3 Å². The third kappa shape index (κ3) is 1.41. The van der Waals surface area contributed by atoms with Gasteiger partial charge in [0.1, 0.15) is 5.01 Å². The number of rotatable bonds is 3. The highest BCUT2D eigenvalue weighted by molar-refractivity contribution is 7.13. The molecule has 0 unspecified atom stereocenters. The van der Waals surface area contributed by atoms with Crippen LogP contribution in [0.2, 0.25) is 0 Å². The van der Waals surface area contributed by atoms with Crippen LogP contribution in [0.4, 0.5) is 0 Å². The van der Waals surface area contributed by atoms with Gasteiger partial charge in [-0.15, -0.1) is 11.3 Å². The molecule has 1 aliphatic carbocycles. The highest BCUT2D eigenvalue weighted by Gasteiger charge is 2.39. The van der Waals surface area contributed by atoms with E-state index in [4.69, 9.17) is 10.7 Å². The minimum Gasteiger partial charge on any atom is -0.367 e. The molecule has 1 fully saturated rings. The summed E-state index contributed by atoms with van der Waals surface area (Å²) in [5, 5.41) is 3.27. The number of nitrogens with zero attached hydrogens (tertiary/aromatic N) is 1. The number of nitrogens with one attached hydrogen (secondary N) is 1. The lowest BCUT2D eigenvalue weighted by Gasteiger charge is -2.39. The minimum atomic E-state index is 0.186. The Balaban J connectivity index is 1.93. The van der Waals surface area contributed by atoms with Crippen LogP contribution in [0.3, 0.4) is 0 Å². The van der Waals surface area contributed by atoms with Crippen molar-refractivity contribution < 1.29 is 0 Å². The Hall–Kier alpha value is -1.13. The molecule has 1 aliphatic rings. The van der Waals surface area contributed by atoms with E-state index in [1.165, 1.54) is 30.5 Å². The first kappa shape index (κ1) is 10.1. The highest BCUT2D eigenvalue weighted by Crippen LogP contribution is 2.43. The number of aromatic nitrogens is 2. The summed E-state index contributed by atoms with van der Waals surface area (Å²) in [6.45, 7) is 0.726. The van der Waals surface area contributed by atoms with Crippen molar-refractivity contribution in [3.63, 3.8) is 0 Å². The number of H-pyrrole nitrogens is 1. The summed E-state index contributed by atoms with van der Waals surface area (Å²) >= 11 is 1.71. The Labute approximate surface area is 98.7 Å². The number of thiazole rings is 1. The molecule has 0 aromatic carbocycles. The lowest BCUT2D eigenvalue weighted by molar-refractivity contribution is 0.247. The monoisotopic (exact) mass is 233 g/mol. The molecule has 0 bridgehead atoms. The van der Waals surface area contributed by atoms with E-state index in [0.29, 0.717) is 0 Å². The average Bonchev–Trinajstić information content (AvgIpc) is 2.86. The third-order valence-electron chi connectivity index (χ3n) is 3.59. The second-order valence-electron chi connectivity index (χ2n) is 4.48. The van der Waals surface area contributed by atoms with Crippen molar-refractivity contribution in [2.24, 2.45) is 5.73 Å². The standard InChI is InChI=1S/C12H15N3S/c13-8-12(3-1-4-12)10-7-16-11(15-10)9-2-5-14-6-9/h2,5-7,14H,1,3-4,8,13H2. The van der Waals surface area contributed by atoms with Crippen molar-refractivity contribution in [2.75, 3.05) is 6.54 Å². The molecule has 16 heavy (non-hydrogen) atoms. The second kappa shape index (κ2) is 3.71. The van der Waals surface area contributed by atoms with Crippen LogP contribution in [0.15, 0.2) is 23.8 Å². The Morgan fingerprint density at radius 1 is 1.50 bits per heavy atom. The molecular weight excluding hydrogens is 218 g/mol. The largest absolute Gasteiger partial charge is 0.367 e. The minimum absolute atomic E-state index is 0.186. The van der Waals surface area contributed by atoms with E-state index in [-0.39, 0.29) is 5.41 Å². The Kier molecular flexibility index (Phi) is 2.33. The van der Waals surface area contributed by atoms with Crippen LogP contribution in [-0.2, 0) is 5.41 Å². The van der Waals surface area contributed by atoms with Gasteiger partial charge in [0.15, 0.2) is 0 Å². The van der Waals surface area contributed by atoms with Crippen LogP contribution in [-0.4, -0.2) is 16.5 Å². The maximum absolute atomic E-state index is 5.89. The summed E-state index contributed by atoms with van der Waals surface area (Å²) < 4.78 is 0. The maximum atomic E-state index is 5.89. The van der Waals surface area contributed by atoms with Gasteiger partial charge >= 0.3 is 0 Å². The van der Waals surface area contributed by atoms with Gasteiger partial charge in [-0.25, -0.2) is 4.98 Å². The van der Waals surface area contributed by atoms with Crippen LogP contribution < -0.4 is 5.73 Å². The zero-order valence-corrected chi connectivity index (χ0v) is 9.89. The van der Waals surface area contributed by atoms with Crippen molar-refractivity contribution in [1.82, 2.24) is 9.97 Å². The number of aromatic amines is 1. The average molecular weight is 233 g/mol. The molecule has 2 aromatic rings. The molecule has 0 amide bonds. The Morgan fingerprint density at radius 2 is 2.38 bits per heavy atom. The van der Waals surface area contributed by atoms with Gasteiger partial charge in [0.25, 0.3) is 0 Å². The third-order valence-corrected chi connectivity index (χ3v) is 4.49.